The standard InChI is InChI=1S/C22H17ClN4OS/c1-14-19-11-20(21(28)26(2)13-16-6-3-5-15(9-16)12-24)29-22(19)27(25-14)18-8-4-7-17(23)10-18/h3-11H,13H2,1-2H3. The summed E-state index contributed by atoms with van der Waals surface area (Å²) in [6.45, 7) is 2.36. The Morgan fingerprint density at radius 3 is 2.79 bits per heavy atom. The second-order valence-corrected chi connectivity index (χ2v) is 8.25. The SMILES string of the molecule is Cc1nn(-c2cccc(Cl)c2)c2sc(C(=O)N(C)Cc3cccc(C#N)c3)cc12. The third kappa shape index (κ3) is 3.75. The number of halogens is 1. The minimum absolute atomic E-state index is 0.0643. The van der Waals surface area contributed by atoms with Gasteiger partial charge in [-0.3, -0.25) is 4.79 Å². The highest BCUT2D eigenvalue weighted by Gasteiger charge is 2.20. The maximum Gasteiger partial charge on any atom is 0.264 e. The summed E-state index contributed by atoms with van der Waals surface area (Å²) in [6.07, 6.45) is 0. The summed E-state index contributed by atoms with van der Waals surface area (Å²) in [6, 6.07) is 18.8. The zero-order valence-corrected chi connectivity index (χ0v) is 17.5. The lowest BCUT2D eigenvalue weighted by atomic mass is 10.1. The summed E-state index contributed by atoms with van der Waals surface area (Å²) in [4.78, 5) is 16.2. The molecule has 5 nitrogen and oxygen atoms in total. The number of carbonyl (C=O) groups is 1. The first-order valence-electron chi connectivity index (χ1n) is 8.96. The summed E-state index contributed by atoms with van der Waals surface area (Å²) < 4.78 is 1.83. The van der Waals surface area contributed by atoms with Crippen LogP contribution in [0.25, 0.3) is 15.9 Å². The highest BCUT2D eigenvalue weighted by molar-refractivity contribution is 7.20. The Morgan fingerprint density at radius 1 is 1.24 bits per heavy atom. The molecular weight excluding hydrogens is 404 g/mol. The van der Waals surface area contributed by atoms with Crippen LogP contribution in [0.15, 0.2) is 54.6 Å². The van der Waals surface area contributed by atoms with Gasteiger partial charge >= 0.3 is 0 Å². The van der Waals surface area contributed by atoms with Crippen LogP contribution in [-0.4, -0.2) is 27.6 Å². The monoisotopic (exact) mass is 420 g/mol. The molecular formula is C22H17ClN4OS. The van der Waals surface area contributed by atoms with Gasteiger partial charge in [-0.2, -0.15) is 10.4 Å². The molecule has 0 aliphatic rings. The van der Waals surface area contributed by atoms with Crippen LogP contribution in [0.1, 0.15) is 26.5 Å². The highest BCUT2D eigenvalue weighted by atomic mass is 35.5. The fourth-order valence-electron chi connectivity index (χ4n) is 3.21. The Balaban J connectivity index is 1.64. The van der Waals surface area contributed by atoms with E-state index in [1.165, 1.54) is 11.3 Å². The zero-order chi connectivity index (χ0) is 20.5. The number of hydrogen-bond donors (Lipinski definition) is 0. The number of hydrogen-bond acceptors (Lipinski definition) is 4. The number of aromatic nitrogens is 2. The molecule has 7 heteroatoms. The van der Waals surface area contributed by atoms with Gasteiger partial charge in [-0.15, -0.1) is 11.3 Å². The average molecular weight is 421 g/mol. The Bertz CT molecular complexity index is 1270. The van der Waals surface area contributed by atoms with E-state index in [-0.39, 0.29) is 5.91 Å². The predicted molar refractivity (Wildman–Crippen MR) is 116 cm³/mol. The third-order valence-electron chi connectivity index (χ3n) is 4.63. The van der Waals surface area contributed by atoms with Gasteiger partial charge in [0.1, 0.15) is 4.83 Å². The number of nitriles is 1. The molecule has 0 spiro atoms. The fraction of sp³-hybridized carbons (Fsp3) is 0.136. The number of thiophene rings is 1. The van der Waals surface area contributed by atoms with Crippen molar-refractivity contribution in [2.45, 2.75) is 13.5 Å². The van der Waals surface area contributed by atoms with Gasteiger partial charge < -0.3 is 4.90 Å². The van der Waals surface area contributed by atoms with Gasteiger partial charge in [0.05, 0.1) is 27.9 Å². The van der Waals surface area contributed by atoms with Crippen LogP contribution in [0.5, 0.6) is 0 Å². The molecule has 1 amide bonds. The third-order valence-corrected chi connectivity index (χ3v) is 5.96. The molecule has 2 aromatic heterocycles. The molecule has 0 aliphatic carbocycles. The molecule has 4 aromatic rings. The van der Waals surface area contributed by atoms with Crippen molar-refractivity contribution in [1.82, 2.24) is 14.7 Å². The molecule has 0 atom stereocenters. The number of aryl methyl sites for hydroxylation is 1. The summed E-state index contributed by atoms with van der Waals surface area (Å²) in [7, 11) is 1.77. The van der Waals surface area contributed by atoms with Gasteiger partial charge in [0.15, 0.2) is 0 Å². The minimum Gasteiger partial charge on any atom is -0.337 e. The molecule has 0 aliphatic heterocycles. The zero-order valence-electron chi connectivity index (χ0n) is 15.9. The highest BCUT2D eigenvalue weighted by Crippen LogP contribution is 2.31. The van der Waals surface area contributed by atoms with E-state index in [2.05, 4.69) is 11.2 Å². The maximum absolute atomic E-state index is 13.0. The smallest absolute Gasteiger partial charge is 0.264 e. The van der Waals surface area contributed by atoms with Crippen molar-refractivity contribution < 1.29 is 4.79 Å². The van der Waals surface area contributed by atoms with E-state index < -0.39 is 0 Å². The molecule has 0 saturated carbocycles. The van der Waals surface area contributed by atoms with Crippen molar-refractivity contribution in [2.24, 2.45) is 0 Å². The minimum atomic E-state index is -0.0643. The Labute approximate surface area is 177 Å². The molecule has 0 saturated heterocycles. The molecule has 2 heterocycles. The van der Waals surface area contributed by atoms with Crippen LogP contribution >= 0.6 is 22.9 Å². The Kier molecular flexibility index (Phi) is 5.10. The first-order chi connectivity index (χ1) is 14.0. The first kappa shape index (κ1) is 19.2. The molecule has 0 bridgehead atoms. The quantitative estimate of drug-likeness (QED) is 0.456. The molecule has 4 rings (SSSR count). The van der Waals surface area contributed by atoms with Gasteiger partial charge in [-0.05, 0) is 48.9 Å². The van der Waals surface area contributed by atoms with Crippen LogP contribution in [0.3, 0.4) is 0 Å². The summed E-state index contributed by atoms with van der Waals surface area (Å²) in [5, 5.41) is 15.3. The second kappa shape index (κ2) is 7.70. The van der Waals surface area contributed by atoms with Crippen molar-refractivity contribution in [3.63, 3.8) is 0 Å². The summed E-state index contributed by atoms with van der Waals surface area (Å²) >= 11 is 7.54. The van der Waals surface area contributed by atoms with E-state index in [9.17, 15) is 4.79 Å². The summed E-state index contributed by atoms with van der Waals surface area (Å²) in [5.74, 6) is -0.0643. The molecule has 29 heavy (non-hydrogen) atoms. The molecule has 0 N–H and O–H groups in total. The van der Waals surface area contributed by atoms with Crippen LogP contribution in [0, 0.1) is 18.3 Å². The molecule has 0 radical (unpaired) electrons. The van der Waals surface area contributed by atoms with Gasteiger partial charge in [-0.25, -0.2) is 4.68 Å². The predicted octanol–water partition coefficient (Wildman–Crippen LogP) is 5.19. The fourth-order valence-corrected chi connectivity index (χ4v) is 4.57. The van der Waals surface area contributed by atoms with E-state index in [4.69, 9.17) is 16.9 Å². The van der Waals surface area contributed by atoms with E-state index in [0.717, 1.165) is 27.2 Å². The van der Waals surface area contributed by atoms with Crippen LogP contribution in [-0.2, 0) is 6.54 Å². The van der Waals surface area contributed by atoms with Crippen molar-refractivity contribution in [3.05, 3.63) is 81.3 Å². The van der Waals surface area contributed by atoms with Crippen molar-refractivity contribution in [2.75, 3.05) is 7.05 Å². The van der Waals surface area contributed by atoms with Crippen molar-refractivity contribution in [3.8, 4) is 11.8 Å². The number of fused-ring (bicyclic) bond motifs is 1. The molecule has 2 aromatic carbocycles. The largest absolute Gasteiger partial charge is 0.337 e. The first-order valence-corrected chi connectivity index (χ1v) is 10.2. The van der Waals surface area contributed by atoms with E-state index in [0.29, 0.717) is 22.0 Å². The summed E-state index contributed by atoms with van der Waals surface area (Å²) in [5.41, 5.74) is 3.22. The second-order valence-electron chi connectivity index (χ2n) is 6.78. The normalized spacial score (nSPS) is 10.8. The number of amides is 1. The number of benzene rings is 2. The van der Waals surface area contributed by atoms with Crippen LogP contribution in [0.2, 0.25) is 5.02 Å². The number of carbonyl (C=O) groups excluding carboxylic acids is 1. The lowest BCUT2D eigenvalue weighted by molar-refractivity contribution is 0.0790. The maximum atomic E-state index is 13.0. The van der Waals surface area contributed by atoms with E-state index in [1.807, 2.05) is 54.1 Å². The lowest BCUT2D eigenvalue weighted by Gasteiger charge is -2.16. The van der Waals surface area contributed by atoms with Gasteiger partial charge in [0.2, 0.25) is 0 Å². The van der Waals surface area contributed by atoms with E-state index >= 15 is 0 Å². The molecule has 0 unspecified atom stereocenters. The van der Waals surface area contributed by atoms with Gasteiger partial charge in [0.25, 0.3) is 5.91 Å². The molecule has 144 valence electrons. The van der Waals surface area contributed by atoms with Crippen LogP contribution in [0.4, 0.5) is 0 Å². The average Bonchev–Trinajstić information content (AvgIpc) is 3.28. The van der Waals surface area contributed by atoms with Crippen molar-refractivity contribution >= 4 is 39.1 Å². The molecule has 0 fully saturated rings. The van der Waals surface area contributed by atoms with Crippen LogP contribution < -0.4 is 0 Å². The Hall–Kier alpha value is -3.14. The topological polar surface area (TPSA) is 61.9 Å². The van der Waals surface area contributed by atoms with E-state index in [1.54, 1.807) is 24.1 Å². The Morgan fingerprint density at radius 2 is 2.03 bits per heavy atom. The number of nitrogens with zero attached hydrogens (tertiary/aromatic N) is 4. The van der Waals surface area contributed by atoms with Gasteiger partial charge in [-0.1, -0.05) is 29.8 Å². The number of rotatable bonds is 4. The van der Waals surface area contributed by atoms with Crippen molar-refractivity contribution in [1.29, 1.82) is 5.26 Å². The van der Waals surface area contributed by atoms with Gasteiger partial charge in [0, 0.05) is 24.0 Å². The lowest BCUT2D eigenvalue weighted by Crippen LogP contribution is -2.25.